The molecular weight excluding hydrogens is 430 g/mol. The van der Waals surface area contributed by atoms with Crippen molar-refractivity contribution in [3.63, 3.8) is 0 Å². The molecule has 3 aromatic rings. The summed E-state index contributed by atoms with van der Waals surface area (Å²) in [6, 6.07) is 18.2. The van der Waals surface area contributed by atoms with E-state index < -0.39 is 6.09 Å². The second-order valence-corrected chi connectivity index (χ2v) is 7.48. The van der Waals surface area contributed by atoms with Crippen LogP contribution in [-0.2, 0) is 4.74 Å². The molecule has 1 amide bonds. The summed E-state index contributed by atoms with van der Waals surface area (Å²) in [7, 11) is 0. The van der Waals surface area contributed by atoms with Crippen molar-refractivity contribution in [2.75, 3.05) is 18.9 Å². The van der Waals surface area contributed by atoms with Gasteiger partial charge < -0.3 is 15.8 Å². The van der Waals surface area contributed by atoms with E-state index in [2.05, 4.69) is 62.3 Å². The molecule has 0 aliphatic heterocycles. The fourth-order valence-electron chi connectivity index (χ4n) is 3.46. The lowest BCUT2D eigenvalue weighted by Crippen LogP contribution is -2.26. The zero-order valence-corrected chi connectivity index (χ0v) is 17.1. The number of pyridine rings is 1. The summed E-state index contributed by atoms with van der Waals surface area (Å²) in [6.07, 6.45) is 1.11. The molecule has 0 radical (unpaired) electrons. The van der Waals surface area contributed by atoms with E-state index in [9.17, 15) is 4.79 Å². The number of nitrogens with zero attached hydrogens (tertiary/aromatic N) is 1. The first-order valence-corrected chi connectivity index (χ1v) is 9.91. The number of nitrogens with two attached hydrogens (primary N) is 1. The van der Waals surface area contributed by atoms with Crippen LogP contribution in [0.4, 0.5) is 10.6 Å². The minimum Gasteiger partial charge on any atom is -0.449 e. The predicted octanol–water partition coefficient (Wildman–Crippen LogP) is 4.32. The van der Waals surface area contributed by atoms with Gasteiger partial charge in [-0.3, -0.25) is 0 Å². The number of halogens is 1. The van der Waals surface area contributed by atoms with Crippen LogP contribution in [0.15, 0.2) is 65.3 Å². The number of anilines is 1. The summed E-state index contributed by atoms with van der Waals surface area (Å²) in [4.78, 5) is 16.1. The van der Waals surface area contributed by atoms with Gasteiger partial charge in [0.05, 0.1) is 12.1 Å². The highest BCUT2D eigenvalue weighted by Gasteiger charge is 2.28. The van der Waals surface area contributed by atoms with Gasteiger partial charge >= 0.3 is 6.09 Å². The average molecular weight is 448 g/mol. The highest BCUT2D eigenvalue weighted by molar-refractivity contribution is 9.10. The fourth-order valence-corrected chi connectivity index (χ4v) is 3.79. The molecule has 1 aliphatic rings. The van der Waals surface area contributed by atoms with Gasteiger partial charge in [-0.05, 0) is 44.3 Å². The number of carbonyl (C=O) groups excluding carboxylic acids is 1. The van der Waals surface area contributed by atoms with Crippen LogP contribution >= 0.6 is 15.9 Å². The topological polar surface area (TPSA) is 77.2 Å². The lowest BCUT2D eigenvalue weighted by molar-refractivity contribution is 0.144. The number of alkyl carbamates (subject to hydrolysis) is 1. The third kappa shape index (κ3) is 4.10. The zero-order chi connectivity index (χ0) is 20.2. The van der Waals surface area contributed by atoms with Gasteiger partial charge in [0.2, 0.25) is 0 Å². The summed E-state index contributed by atoms with van der Waals surface area (Å²) in [5.41, 5.74) is 11.1. The number of amides is 1. The number of benzene rings is 2. The molecule has 5 nitrogen and oxygen atoms in total. The maximum absolute atomic E-state index is 12.1. The van der Waals surface area contributed by atoms with E-state index in [4.69, 9.17) is 10.5 Å². The van der Waals surface area contributed by atoms with Gasteiger partial charge in [-0.1, -0.05) is 60.4 Å². The Morgan fingerprint density at radius 1 is 1.14 bits per heavy atom. The maximum Gasteiger partial charge on any atom is 0.407 e. The van der Waals surface area contributed by atoms with E-state index in [1.807, 2.05) is 24.3 Å². The molecule has 0 fully saturated rings. The SMILES string of the molecule is Nc1ncc(Br)cc1C#CCNC(=O)OCC1c2ccccc2-c2ccccc21. The predicted molar refractivity (Wildman–Crippen MR) is 116 cm³/mol. The quantitative estimate of drug-likeness (QED) is 0.586. The Labute approximate surface area is 177 Å². The molecule has 0 spiro atoms. The number of ether oxygens (including phenoxy) is 1. The molecule has 1 heterocycles. The summed E-state index contributed by atoms with van der Waals surface area (Å²) in [5.74, 6) is 6.13. The highest BCUT2D eigenvalue weighted by Crippen LogP contribution is 2.44. The van der Waals surface area contributed by atoms with Crippen LogP contribution < -0.4 is 11.1 Å². The molecule has 0 atom stereocenters. The van der Waals surface area contributed by atoms with Crippen LogP contribution in [0.1, 0.15) is 22.6 Å². The zero-order valence-electron chi connectivity index (χ0n) is 15.5. The number of aromatic nitrogens is 1. The third-order valence-corrected chi connectivity index (χ3v) is 5.21. The molecule has 3 N–H and O–H groups in total. The van der Waals surface area contributed by atoms with Gasteiger partial charge in [0, 0.05) is 16.6 Å². The first kappa shape index (κ1) is 19.0. The molecule has 6 heteroatoms. The van der Waals surface area contributed by atoms with Crippen molar-refractivity contribution < 1.29 is 9.53 Å². The largest absolute Gasteiger partial charge is 0.449 e. The molecule has 1 aromatic heterocycles. The first-order chi connectivity index (χ1) is 14.1. The molecule has 0 saturated carbocycles. The van der Waals surface area contributed by atoms with E-state index in [0.717, 1.165) is 4.47 Å². The van der Waals surface area contributed by atoms with Crippen LogP contribution in [0.5, 0.6) is 0 Å². The molecule has 2 aromatic carbocycles. The van der Waals surface area contributed by atoms with Crippen molar-refractivity contribution in [3.05, 3.63) is 82.0 Å². The third-order valence-electron chi connectivity index (χ3n) is 4.77. The Balaban J connectivity index is 1.36. The summed E-state index contributed by atoms with van der Waals surface area (Å²) in [6.45, 7) is 0.429. The highest BCUT2D eigenvalue weighted by atomic mass is 79.9. The molecule has 0 saturated heterocycles. The smallest absolute Gasteiger partial charge is 0.407 e. The monoisotopic (exact) mass is 447 g/mol. The molecule has 4 rings (SSSR count). The van der Waals surface area contributed by atoms with Gasteiger partial charge in [0.15, 0.2) is 0 Å². The molecular formula is C23H18BrN3O2. The lowest BCUT2D eigenvalue weighted by Gasteiger charge is -2.14. The number of hydrogen-bond acceptors (Lipinski definition) is 4. The molecule has 144 valence electrons. The number of nitrogen functional groups attached to an aromatic ring is 1. The number of fused-ring (bicyclic) bond motifs is 3. The van der Waals surface area contributed by atoms with E-state index >= 15 is 0 Å². The molecule has 1 aliphatic carbocycles. The minimum absolute atomic E-state index is 0.0341. The Bertz CT molecular complexity index is 1090. The first-order valence-electron chi connectivity index (χ1n) is 9.12. The van der Waals surface area contributed by atoms with Gasteiger partial charge in [0.1, 0.15) is 12.4 Å². The Morgan fingerprint density at radius 3 is 2.48 bits per heavy atom. The Hall–Kier alpha value is -3.30. The number of nitrogens with one attached hydrogen (secondary N) is 1. The van der Waals surface area contributed by atoms with Crippen molar-refractivity contribution >= 4 is 27.8 Å². The van der Waals surface area contributed by atoms with Crippen molar-refractivity contribution in [3.8, 4) is 23.0 Å². The number of rotatable bonds is 3. The van der Waals surface area contributed by atoms with Gasteiger partial charge in [0.25, 0.3) is 0 Å². The second kappa shape index (κ2) is 8.38. The van der Waals surface area contributed by atoms with Crippen molar-refractivity contribution in [2.45, 2.75) is 5.92 Å². The summed E-state index contributed by atoms with van der Waals surface area (Å²) >= 11 is 3.33. The molecule has 29 heavy (non-hydrogen) atoms. The van der Waals surface area contributed by atoms with Crippen LogP contribution in [0, 0.1) is 11.8 Å². The Kier molecular flexibility index (Phi) is 5.50. The second-order valence-electron chi connectivity index (χ2n) is 6.57. The van der Waals surface area contributed by atoms with Crippen LogP contribution in [-0.4, -0.2) is 24.2 Å². The van der Waals surface area contributed by atoms with Crippen LogP contribution in [0.3, 0.4) is 0 Å². The molecule has 0 bridgehead atoms. The summed E-state index contributed by atoms with van der Waals surface area (Å²) < 4.78 is 6.26. The Morgan fingerprint density at radius 2 is 1.79 bits per heavy atom. The van der Waals surface area contributed by atoms with Crippen LogP contribution in [0.25, 0.3) is 11.1 Å². The minimum atomic E-state index is -0.499. The number of hydrogen-bond donors (Lipinski definition) is 2. The lowest BCUT2D eigenvalue weighted by atomic mass is 9.98. The van der Waals surface area contributed by atoms with Crippen molar-refractivity contribution in [1.29, 1.82) is 0 Å². The summed E-state index contributed by atoms with van der Waals surface area (Å²) in [5, 5.41) is 2.65. The van der Waals surface area contributed by atoms with E-state index in [-0.39, 0.29) is 19.1 Å². The van der Waals surface area contributed by atoms with E-state index in [1.54, 1.807) is 12.3 Å². The van der Waals surface area contributed by atoms with E-state index in [0.29, 0.717) is 11.4 Å². The average Bonchev–Trinajstić information content (AvgIpc) is 3.06. The van der Waals surface area contributed by atoms with Gasteiger partial charge in [-0.15, -0.1) is 0 Å². The van der Waals surface area contributed by atoms with E-state index in [1.165, 1.54) is 22.3 Å². The number of carbonyl (C=O) groups is 1. The normalized spacial score (nSPS) is 11.8. The van der Waals surface area contributed by atoms with Crippen LogP contribution in [0.2, 0.25) is 0 Å². The standard InChI is InChI=1S/C23H18BrN3O2/c24-16-12-15(22(25)27-13-16)6-5-11-26-23(28)29-14-21-19-9-3-1-7-17(19)18-8-2-4-10-20(18)21/h1-4,7-10,12-13,21H,11,14H2,(H2,25,27)(H,26,28). The van der Waals surface area contributed by atoms with Crippen molar-refractivity contribution in [1.82, 2.24) is 10.3 Å². The van der Waals surface area contributed by atoms with Gasteiger partial charge in [-0.25, -0.2) is 9.78 Å². The molecule has 0 unspecified atom stereocenters. The van der Waals surface area contributed by atoms with Gasteiger partial charge in [-0.2, -0.15) is 0 Å². The maximum atomic E-state index is 12.1. The fraction of sp³-hybridized carbons (Fsp3) is 0.130. The van der Waals surface area contributed by atoms with Crippen molar-refractivity contribution in [2.24, 2.45) is 0 Å².